The molecule has 102 valence electrons. The second-order valence-electron chi connectivity index (χ2n) is 4.54. The van der Waals surface area contributed by atoms with Gasteiger partial charge in [0.25, 0.3) is 11.5 Å². The van der Waals surface area contributed by atoms with E-state index in [1.165, 1.54) is 21.9 Å². The summed E-state index contributed by atoms with van der Waals surface area (Å²) in [5.41, 5.74) is -0.417. The number of aliphatic hydroxyl groups is 1. The molecular weight excluding hydrogens is 266 g/mol. The van der Waals surface area contributed by atoms with Crippen LogP contribution >= 0.6 is 11.3 Å². The van der Waals surface area contributed by atoms with Gasteiger partial charge in [0.1, 0.15) is 5.56 Å². The molecule has 0 saturated heterocycles. The minimum atomic E-state index is -0.508. The van der Waals surface area contributed by atoms with E-state index < -0.39 is 11.5 Å². The van der Waals surface area contributed by atoms with Crippen LogP contribution in [0.15, 0.2) is 22.6 Å². The molecule has 2 N–H and O–H groups in total. The molecule has 1 unspecified atom stereocenters. The van der Waals surface area contributed by atoms with Crippen LogP contribution < -0.4 is 10.9 Å². The first-order chi connectivity index (χ1) is 9.04. The van der Waals surface area contributed by atoms with E-state index in [9.17, 15) is 14.7 Å². The third-order valence-corrected chi connectivity index (χ3v) is 3.68. The molecule has 7 heteroatoms. The lowest BCUT2D eigenvalue weighted by atomic mass is 10.1. The number of amides is 1. The summed E-state index contributed by atoms with van der Waals surface area (Å²) in [5.74, 6) is -0.430. The van der Waals surface area contributed by atoms with E-state index in [1.54, 1.807) is 11.6 Å². The van der Waals surface area contributed by atoms with Gasteiger partial charge in [0.2, 0.25) is 0 Å². The van der Waals surface area contributed by atoms with Crippen molar-refractivity contribution in [2.75, 3.05) is 6.61 Å². The molecule has 0 aliphatic carbocycles. The number of aromatic nitrogens is 2. The summed E-state index contributed by atoms with van der Waals surface area (Å²) in [6, 6.07) is -0.380. The highest BCUT2D eigenvalue weighted by molar-refractivity contribution is 7.15. The highest BCUT2D eigenvalue weighted by Gasteiger charge is 2.19. The van der Waals surface area contributed by atoms with E-state index in [4.69, 9.17) is 0 Å². The predicted molar refractivity (Wildman–Crippen MR) is 72.5 cm³/mol. The smallest absolute Gasteiger partial charge is 0.271 e. The van der Waals surface area contributed by atoms with Gasteiger partial charge in [0.05, 0.1) is 12.6 Å². The Kier molecular flexibility index (Phi) is 3.96. The van der Waals surface area contributed by atoms with Crippen molar-refractivity contribution in [3.8, 4) is 0 Å². The first-order valence-electron chi connectivity index (χ1n) is 5.91. The molecule has 2 heterocycles. The Balaban J connectivity index is 2.31. The zero-order valence-corrected chi connectivity index (χ0v) is 11.5. The van der Waals surface area contributed by atoms with Gasteiger partial charge in [-0.1, -0.05) is 13.8 Å². The van der Waals surface area contributed by atoms with Gasteiger partial charge in [-0.3, -0.25) is 14.0 Å². The van der Waals surface area contributed by atoms with Crippen molar-refractivity contribution in [3.05, 3.63) is 33.7 Å². The predicted octanol–water partition coefficient (Wildman–Crippen LogP) is 0.503. The highest BCUT2D eigenvalue weighted by Crippen LogP contribution is 2.06. The summed E-state index contributed by atoms with van der Waals surface area (Å²) in [5, 5.41) is 13.6. The number of hydrogen-bond acceptors (Lipinski definition) is 5. The van der Waals surface area contributed by atoms with Crippen LogP contribution in [-0.4, -0.2) is 33.0 Å². The van der Waals surface area contributed by atoms with Gasteiger partial charge in [-0.15, -0.1) is 11.3 Å². The number of carbonyl (C=O) groups is 1. The Bertz CT molecular complexity index is 647. The molecule has 0 aliphatic heterocycles. The lowest BCUT2D eigenvalue weighted by molar-refractivity contribution is 0.0895. The third-order valence-electron chi connectivity index (χ3n) is 2.91. The van der Waals surface area contributed by atoms with Crippen molar-refractivity contribution in [3.63, 3.8) is 0 Å². The Hall–Kier alpha value is -1.73. The second kappa shape index (κ2) is 5.50. The average Bonchev–Trinajstić information content (AvgIpc) is 2.84. The maximum atomic E-state index is 12.1. The van der Waals surface area contributed by atoms with Crippen LogP contribution in [0.3, 0.4) is 0 Å². The van der Waals surface area contributed by atoms with E-state index in [1.807, 2.05) is 13.8 Å². The normalized spacial score (nSPS) is 12.8. The number of nitrogens with zero attached hydrogens (tertiary/aromatic N) is 2. The van der Waals surface area contributed by atoms with E-state index in [0.717, 1.165) is 0 Å². The molecule has 1 atom stereocenters. The van der Waals surface area contributed by atoms with Gasteiger partial charge in [0, 0.05) is 17.8 Å². The van der Waals surface area contributed by atoms with Crippen molar-refractivity contribution in [1.82, 2.24) is 14.7 Å². The summed E-state index contributed by atoms with van der Waals surface area (Å²) in [7, 11) is 0. The number of carbonyl (C=O) groups excluding carboxylic acids is 1. The van der Waals surface area contributed by atoms with Gasteiger partial charge >= 0.3 is 0 Å². The summed E-state index contributed by atoms with van der Waals surface area (Å²) < 4.78 is 1.34. The topological polar surface area (TPSA) is 83.7 Å². The first kappa shape index (κ1) is 13.7. The lowest BCUT2D eigenvalue weighted by Gasteiger charge is -2.19. The average molecular weight is 281 g/mol. The first-order valence-corrected chi connectivity index (χ1v) is 6.79. The van der Waals surface area contributed by atoms with Crippen LogP contribution in [0, 0.1) is 5.92 Å². The van der Waals surface area contributed by atoms with Crippen LogP contribution in [0.25, 0.3) is 4.96 Å². The Morgan fingerprint density at radius 1 is 1.58 bits per heavy atom. The minimum absolute atomic E-state index is 0.0185. The number of hydrogen-bond donors (Lipinski definition) is 2. The summed E-state index contributed by atoms with van der Waals surface area (Å²) in [6.45, 7) is 3.60. The minimum Gasteiger partial charge on any atom is -0.394 e. The van der Waals surface area contributed by atoms with Crippen LogP contribution in [-0.2, 0) is 0 Å². The van der Waals surface area contributed by atoms with Crippen molar-refractivity contribution in [2.24, 2.45) is 5.92 Å². The standard InChI is InChI=1S/C12H15N3O3S/c1-7(2)9(6-16)14-10(17)8-5-13-12-15(11(8)18)3-4-19-12/h3-5,7,9,16H,6H2,1-2H3,(H,14,17). The van der Waals surface area contributed by atoms with Crippen LogP contribution in [0.1, 0.15) is 24.2 Å². The fourth-order valence-electron chi connectivity index (χ4n) is 1.65. The van der Waals surface area contributed by atoms with Crippen molar-refractivity contribution < 1.29 is 9.90 Å². The molecule has 2 aromatic heterocycles. The van der Waals surface area contributed by atoms with Gasteiger partial charge < -0.3 is 10.4 Å². The monoisotopic (exact) mass is 281 g/mol. The van der Waals surface area contributed by atoms with Crippen molar-refractivity contribution >= 4 is 22.2 Å². The fraction of sp³-hybridized carbons (Fsp3) is 0.417. The number of thiazole rings is 1. The molecule has 0 radical (unpaired) electrons. The number of nitrogens with one attached hydrogen (secondary N) is 1. The van der Waals surface area contributed by atoms with Gasteiger partial charge in [0.15, 0.2) is 4.96 Å². The molecule has 2 aromatic rings. The molecule has 0 fully saturated rings. The van der Waals surface area contributed by atoms with Crippen molar-refractivity contribution in [1.29, 1.82) is 0 Å². The quantitative estimate of drug-likeness (QED) is 0.855. The molecule has 0 bridgehead atoms. The summed E-state index contributed by atoms with van der Waals surface area (Å²) in [6.07, 6.45) is 2.86. The molecule has 0 saturated carbocycles. The van der Waals surface area contributed by atoms with Crippen LogP contribution in [0.5, 0.6) is 0 Å². The molecule has 0 aliphatic rings. The van der Waals surface area contributed by atoms with Crippen molar-refractivity contribution in [2.45, 2.75) is 19.9 Å². The third kappa shape index (κ3) is 2.66. The van der Waals surface area contributed by atoms with E-state index in [0.29, 0.717) is 4.96 Å². The zero-order valence-electron chi connectivity index (χ0n) is 10.7. The number of aliphatic hydroxyl groups excluding tert-OH is 1. The lowest BCUT2D eigenvalue weighted by Crippen LogP contribution is -2.43. The van der Waals surface area contributed by atoms with Gasteiger partial charge in [-0.05, 0) is 5.92 Å². The Morgan fingerprint density at radius 2 is 2.32 bits per heavy atom. The molecule has 0 spiro atoms. The van der Waals surface area contributed by atoms with Crippen LogP contribution in [0.2, 0.25) is 0 Å². The Labute approximate surface area is 113 Å². The van der Waals surface area contributed by atoms with E-state index >= 15 is 0 Å². The second-order valence-corrected chi connectivity index (χ2v) is 5.41. The number of rotatable bonds is 4. The molecule has 0 aromatic carbocycles. The molecule has 6 nitrogen and oxygen atoms in total. The molecule has 19 heavy (non-hydrogen) atoms. The molecular formula is C12H15N3O3S. The highest BCUT2D eigenvalue weighted by atomic mass is 32.1. The van der Waals surface area contributed by atoms with Gasteiger partial charge in [-0.25, -0.2) is 4.98 Å². The van der Waals surface area contributed by atoms with E-state index in [-0.39, 0.29) is 24.1 Å². The maximum Gasteiger partial charge on any atom is 0.271 e. The summed E-state index contributed by atoms with van der Waals surface area (Å²) >= 11 is 1.33. The fourth-order valence-corrected chi connectivity index (χ4v) is 2.32. The largest absolute Gasteiger partial charge is 0.394 e. The summed E-state index contributed by atoms with van der Waals surface area (Å²) in [4.78, 5) is 28.7. The van der Waals surface area contributed by atoms with E-state index in [2.05, 4.69) is 10.3 Å². The van der Waals surface area contributed by atoms with Gasteiger partial charge in [-0.2, -0.15) is 0 Å². The SMILES string of the molecule is CC(C)C(CO)NC(=O)c1cnc2sccn2c1=O. The Morgan fingerprint density at radius 3 is 2.95 bits per heavy atom. The number of fused-ring (bicyclic) bond motifs is 1. The van der Waals surface area contributed by atoms with Crippen LogP contribution in [0.4, 0.5) is 0 Å². The maximum absolute atomic E-state index is 12.1. The molecule has 1 amide bonds. The molecule has 2 rings (SSSR count). The zero-order chi connectivity index (χ0) is 14.0.